The van der Waals surface area contributed by atoms with Crippen LogP contribution in [0.2, 0.25) is 0 Å². The standard InChI is InChI=1S/C44H56N2/c1-42(2,3)37-25-27-38(28-26-37)44(43(4,5)40-29-24-36-22-14-15-23-39(36)41(40)45-44)30-16-6-7-17-31-46(32-34-18-10-8-11-19-34)33-35-20-12-9-13-21-35/h8-13,18-21,24-29,45H,6-7,14-17,22-23,30-33H2,1-5H3. The first-order chi connectivity index (χ1) is 22.2. The molecule has 6 rings (SSSR count). The Labute approximate surface area is 279 Å². The van der Waals surface area contributed by atoms with Crippen LogP contribution in [0.1, 0.15) is 119 Å². The van der Waals surface area contributed by atoms with Crippen LogP contribution < -0.4 is 5.32 Å². The van der Waals surface area contributed by atoms with Gasteiger partial charge in [0.05, 0.1) is 5.54 Å². The maximum atomic E-state index is 4.30. The van der Waals surface area contributed by atoms with Crippen LogP contribution in [-0.2, 0) is 42.3 Å². The number of benzene rings is 4. The zero-order valence-corrected chi connectivity index (χ0v) is 29.2. The summed E-state index contributed by atoms with van der Waals surface area (Å²) in [6, 6.07) is 36.5. The minimum absolute atomic E-state index is 0.000224. The van der Waals surface area contributed by atoms with Crippen molar-refractivity contribution in [3.05, 3.63) is 136 Å². The molecule has 2 aliphatic rings. The van der Waals surface area contributed by atoms with E-state index < -0.39 is 0 Å². The molecule has 4 aromatic rings. The van der Waals surface area contributed by atoms with E-state index in [4.69, 9.17) is 0 Å². The van der Waals surface area contributed by atoms with Crippen molar-refractivity contribution in [3.63, 3.8) is 0 Å². The van der Waals surface area contributed by atoms with E-state index in [1.807, 2.05) is 0 Å². The molecule has 0 bridgehead atoms. The second-order valence-electron chi connectivity index (χ2n) is 15.7. The van der Waals surface area contributed by atoms with Gasteiger partial charge in [-0.3, -0.25) is 4.90 Å². The van der Waals surface area contributed by atoms with Crippen molar-refractivity contribution in [2.75, 3.05) is 11.9 Å². The molecule has 0 aromatic heterocycles. The van der Waals surface area contributed by atoms with Crippen molar-refractivity contribution in [2.45, 2.75) is 122 Å². The highest BCUT2D eigenvalue weighted by Crippen LogP contribution is 2.57. The van der Waals surface area contributed by atoms with Crippen molar-refractivity contribution < 1.29 is 0 Å². The van der Waals surface area contributed by atoms with Crippen LogP contribution >= 0.6 is 0 Å². The molecule has 0 saturated heterocycles. The predicted octanol–water partition coefficient (Wildman–Crippen LogP) is 11.1. The molecule has 242 valence electrons. The largest absolute Gasteiger partial charge is 0.374 e. The summed E-state index contributed by atoms with van der Waals surface area (Å²) in [6.45, 7) is 15.1. The summed E-state index contributed by atoms with van der Waals surface area (Å²) >= 11 is 0. The maximum absolute atomic E-state index is 4.30. The van der Waals surface area contributed by atoms with Crippen molar-refractivity contribution in [2.24, 2.45) is 0 Å². The van der Waals surface area contributed by atoms with E-state index >= 15 is 0 Å². The monoisotopic (exact) mass is 612 g/mol. The lowest BCUT2D eigenvalue weighted by Crippen LogP contribution is -2.46. The van der Waals surface area contributed by atoms with Gasteiger partial charge in [-0.15, -0.1) is 0 Å². The van der Waals surface area contributed by atoms with E-state index in [-0.39, 0.29) is 16.4 Å². The van der Waals surface area contributed by atoms with E-state index in [2.05, 4.69) is 142 Å². The molecule has 0 radical (unpaired) electrons. The lowest BCUT2D eigenvalue weighted by molar-refractivity contribution is 0.247. The maximum Gasteiger partial charge on any atom is 0.0717 e. The molecule has 4 aromatic carbocycles. The van der Waals surface area contributed by atoms with Gasteiger partial charge >= 0.3 is 0 Å². The van der Waals surface area contributed by atoms with Crippen molar-refractivity contribution in [1.29, 1.82) is 0 Å². The SMILES string of the molecule is CC(C)(C)c1ccc(C2(CCCCCCN(Cc3ccccc3)Cc3ccccc3)Nc3c(ccc4c3CCCC4)C2(C)C)cc1. The van der Waals surface area contributed by atoms with Gasteiger partial charge in [0.15, 0.2) is 0 Å². The molecule has 1 aliphatic heterocycles. The summed E-state index contributed by atoms with van der Waals surface area (Å²) in [5, 5.41) is 4.30. The van der Waals surface area contributed by atoms with Crippen LogP contribution in [-0.4, -0.2) is 11.4 Å². The first-order valence-electron chi connectivity index (χ1n) is 18.0. The van der Waals surface area contributed by atoms with Crippen LogP contribution in [0.5, 0.6) is 0 Å². The zero-order valence-electron chi connectivity index (χ0n) is 29.2. The van der Waals surface area contributed by atoms with Gasteiger partial charge in [-0.2, -0.15) is 0 Å². The molecule has 1 heterocycles. The lowest BCUT2D eigenvalue weighted by Gasteiger charge is -2.43. The average molecular weight is 613 g/mol. The quantitative estimate of drug-likeness (QED) is 0.160. The second-order valence-corrected chi connectivity index (χ2v) is 15.7. The number of fused-ring (bicyclic) bond motifs is 3. The van der Waals surface area contributed by atoms with E-state index in [1.54, 1.807) is 11.1 Å². The van der Waals surface area contributed by atoms with Crippen LogP contribution in [0.25, 0.3) is 0 Å². The number of unbranched alkanes of at least 4 members (excludes halogenated alkanes) is 3. The summed E-state index contributed by atoms with van der Waals surface area (Å²) in [4.78, 5) is 2.63. The number of rotatable bonds is 12. The third kappa shape index (κ3) is 6.84. The zero-order chi connectivity index (χ0) is 32.2. The van der Waals surface area contributed by atoms with Crippen molar-refractivity contribution >= 4 is 5.69 Å². The van der Waals surface area contributed by atoms with E-state index in [9.17, 15) is 0 Å². The summed E-state index contributed by atoms with van der Waals surface area (Å²) in [7, 11) is 0. The van der Waals surface area contributed by atoms with Crippen LogP contribution in [0.4, 0.5) is 5.69 Å². The molecule has 1 aliphatic carbocycles. The van der Waals surface area contributed by atoms with Gasteiger partial charge in [-0.05, 0) is 89.4 Å². The van der Waals surface area contributed by atoms with Gasteiger partial charge in [0.25, 0.3) is 0 Å². The van der Waals surface area contributed by atoms with Gasteiger partial charge in [-0.1, -0.05) is 151 Å². The summed E-state index contributed by atoms with van der Waals surface area (Å²) in [5.41, 5.74) is 11.8. The van der Waals surface area contributed by atoms with Crippen molar-refractivity contribution in [3.8, 4) is 0 Å². The highest BCUT2D eigenvalue weighted by Gasteiger charge is 2.53. The van der Waals surface area contributed by atoms with Crippen LogP contribution in [0.3, 0.4) is 0 Å². The highest BCUT2D eigenvalue weighted by atomic mass is 15.1. The Bertz CT molecular complexity index is 1520. The molecule has 1 N–H and O–H groups in total. The van der Waals surface area contributed by atoms with E-state index in [0.29, 0.717) is 0 Å². The number of nitrogens with one attached hydrogen (secondary N) is 1. The lowest BCUT2D eigenvalue weighted by atomic mass is 9.64. The number of hydrogen-bond donors (Lipinski definition) is 1. The smallest absolute Gasteiger partial charge is 0.0717 e. The van der Waals surface area contributed by atoms with Gasteiger partial charge in [0.1, 0.15) is 0 Å². The first-order valence-corrected chi connectivity index (χ1v) is 18.0. The fraction of sp³-hybridized carbons (Fsp3) is 0.455. The van der Waals surface area contributed by atoms with E-state index in [0.717, 1.165) is 26.1 Å². The van der Waals surface area contributed by atoms with Crippen LogP contribution in [0, 0.1) is 0 Å². The highest BCUT2D eigenvalue weighted by molar-refractivity contribution is 5.72. The third-order valence-electron chi connectivity index (χ3n) is 11.1. The fourth-order valence-electron chi connectivity index (χ4n) is 8.27. The average Bonchev–Trinajstić information content (AvgIpc) is 3.30. The molecular formula is C44H56N2. The molecule has 0 spiro atoms. The number of hydrogen-bond acceptors (Lipinski definition) is 2. The predicted molar refractivity (Wildman–Crippen MR) is 197 cm³/mol. The van der Waals surface area contributed by atoms with Gasteiger partial charge in [0.2, 0.25) is 0 Å². The Kier molecular flexibility index (Phi) is 9.76. The minimum atomic E-state index is -0.106. The van der Waals surface area contributed by atoms with Gasteiger partial charge in [-0.25, -0.2) is 0 Å². The fourth-order valence-corrected chi connectivity index (χ4v) is 8.27. The van der Waals surface area contributed by atoms with Gasteiger partial charge < -0.3 is 5.32 Å². The molecule has 46 heavy (non-hydrogen) atoms. The number of nitrogens with zero attached hydrogens (tertiary/aromatic N) is 1. The van der Waals surface area contributed by atoms with Crippen LogP contribution in [0.15, 0.2) is 97.1 Å². The number of anilines is 1. The molecule has 0 amide bonds. The molecular weight excluding hydrogens is 556 g/mol. The molecule has 2 nitrogen and oxygen atoms in total. The summed E-state index contributed by atoms with van der Waals surface area (Å²) < 4.78 is 0. The molecule has 1 unspecified atom stereocenters. The molecule has 0 saturated carbocycles. The number of aryl methyl sites for hydroxylation is 1. The Morgan fingerprint density at radius 2 is 1.28 bits per heavy atom. The topological polar surface area (TPSA) is 15.3 Å². The molecule has 0 fully saturated rings. The Morgan fingerprint density at radius 3 is 1.91 bits per heavy atom. The molecule has 1 atom stereocenters. The molecule has 2 heteroatoms. The Balaban J connectivity index is 1.16. The first kappa shape index (κ1) is 32.6. The van der Waals surface area contributed by atoms with Crippen molar-refractivity contribution in [1.82, 2.24) is 4.90 Å². The van der Waals surface area contributed by atoms with Gasteiger partial charge in [0, 0.05) is 24.2 Å². The van der Waals surface area contributed by atoms with E-state index in [1.165, 1.54) is 84.9 Å². The Hall–Kier alpha value is -3.36. The second kappa shape index (κ2) is 13.8. The Morgan fingerprint density at radius 1 is 0.674 bits per heavy atom. The minimum Gasteiger partial charge on any atom is -0.374 e. The summed E-state index contributed by atoms with van der Waals surface area (Å²) in [6.07, 6.45) is 11.2. The normalized spacial score (nSPS) is 18.7. The summed E-state index contributed by atoms with van der Waals surface area (Å²) in [5.74, 6) is 0. The third-order valence-corrected chi connectivity index (χ3v) is 11.1.